The highest BCUT2D eigenvalue weighted by molar-refractivity contribution is 5.69. The van der Waals surface area contributed by atoms with E-state index in [0.717, 1.165) is 0 Å². The number of nitrogen functional groups attached to an aromatic ring is 1. The van der Waals surface area contributed by atoms with E-state index in [1.807, 2.05) is 6.92 Å². The molecule has 1 heterocycles. The van der Waals surface area contributed by atoms with Crippen molar-refractivity contribution in [3.8, 4) is 5.88 Å². The van der Waals surface area contributed by atoms with Gasteiger partial charge in [0.25, 0.3) is 0 Å². The van der Waals surface area contributed by atoms with Crippen molar-refractivity contribution >= 4 is 17.5 Å². The monoisotopic (exact) mass is 268 g/mol. The van der Waals surface area contributed by atoms with Crippen molar-refractivity contribution in [3.05, 3.63) is 6.33 Å². The van der Waals surface area contributed by atoms with Crippen LogP contribution in [0, 0.1) is 0 Å². The lowest BCUT2D eigenvalue weighted by atomic mass is 10.3. The lowest BCUT2D eigenvalue weighted by Gasteiger charge is -2.10. The van der Waals surface area contributed by atoms with Crippen LogP contribution in [0.3, 0.4) is 0 Å². The molecule has 0 aliphatic rings. The molecule has 0 fully saturated rings. The zero-order chi connectivity index (χ0) is 14.1. The number of nitrogens with zero attached hydrogens (tertiary/aromatic N) is 2. The van der Waals surface area contributed by atoms with Crippen molar-refractivity contribution in [2.24, 2.45) is 0 Å². The van der Waals surface area contributed by atoms with E-state index in [-0.39, 0.29) is 5.97 Å². The maximum atomic E-state index is 11.1. The molecule has 0 saturated carbocycles. The van der Waals surface area contributed by atoms with Gasteiger partial charge in [-0.3, -0.25) is 4.79 Å². The molecule has 0 unspecified atom stereocenters. The first-order valence-electron chi connectivity index (χ1n) is 6.31. The molecule has 0 amide bonds. The second-order valence-corrected chi connectivity index (χ2v) is 3.71. The van der Waals surface area contributed by atoms with Crippen LogP contribution in [0.25, 0.3) is 0 Å². The van der Waals surface area contributed by atoms with Crippen molar-refractivity contribution in [1.29, 1.82) is 0 Å². The standard InChI is InChI=1S/C12H20N4O3/c1-3-18-9(17)6-5-7-14-11-10(13)12(19-4-2)16-8-15-11/h8H,3-7,13H2,1-2H3,(H,14,15,16). The SMILES string of the molecule is CCOC(=O)CCCNc1ncnc(OCC)c1N. The fraction of sp³-hybridized carbons (Fsp3) is 0.583. The van der Waals surface area contributed by atoms with Gasteiger partial charge in [-0.1, -0.05) is 0 Å². The van der Waals surface area contributed by atoms with Gasteiger partial charge in [0.2, 0.25) is 5.88 Å². The van der Waals surface area contributed by atoms with Crippen molar-refractivity contribution in [2.45, 2.75) is 26.7 Å². The number of carbonyl (C=O) groups excluding carboxylic acids is 1. The molecular weight excluding hydrogens is 248 g/mol. The van der Waals surface area contributed by atoms with Crippen LogP contribution in [0.1, 0.15) is 26.7 Å². The van der Waals surface area contributed by atoms with Gasteiger partial charge in [0, 0.05) is 13.0 Å². The van der Waals surface area contributed by atoms with E-state index in [4.69, 9.17) is 15.2 Å². The minimum absolute atomic E-state index is 0.199. The van der Waals surface area contributed by atoms with Gasteiger partial charge in [0.15, 0.2) is 5.82 Å². The Balaban J connectivity index is 2.41. The van der Waals surface area contributed by atoms with Crippen LogP contribution in [0.15, 0.2) is 6.33 Å². The van der Waals surface area contributed by atoms with E-state index < -0.39 is 0 Å². The second-order valence-electron chi connectivity index (χ2n) is 3.71. The number of nitrogens with one attached hydrogen (secondary N) is 1. The van der Waals surface area contributed by atoms with E-state index in [2.05, 4.69) is 15.3 Å². The topological polar surface area (TPSA) is 99.4 Å². The van der Waals surface area contributed by atoms with Gasteiger partial charge in [-0.25, -0.2) is 4.98 Å². The van der Waals surface area contributed by atoms with Crippen LogP contribution >= 0.6 is 0 Å². The lowest BCUT2D eigenvalue weighted by Crippen LogP contribution is -2.11. The summed E-state index contributed by atoms with van der Waals surface area (Å²) in [7, 11) is 0. The van der Waals surface area contributed by atoms with Gasteiger partial charge in [0.1, 0.15) is 12.0 Å². The van der Waals surface area contributed by atoms with Gasteiger partial charge in [-0.15, -0.1) is 0 Å². The van der Waals surface area contributed by atoms with E-state index in [9.17, 15) is 4.79 Å². The number of ether oxygens (including phenoxy) is 2. The number of hydrogen-bond donors (Lipinski definition) is 2. The van der Waals surface area contributed by atoms with Gasteiger partial charge >= 0.3 is 5.97 Å². The molecule has 3 N–H and O–H groups in total. The number of rotatable bonds is 8. The maximum Gasteiger partial charge on any atom is 0.305 e. The Morgan fingerprint density at radius 2 is 2.16 bits per heavy atom. The molecule has 7 nitrogen and oxygen atoms in total. The van der Waals surface area contributed by atoms with Gasteiger partial charge in [-0.05, 0) is 20.3 Å². The molecule has 0 atom stereocenters. The van der Waals surface area contributed by atoms with Crippen molar-refractivity contribution in [3.63, 3.8) is 0 Å². The zero-order valence-electron chi connectivity index (χ0n) is 11.3. The van der Waals surface area contributed by atoms with E-state index in [1.165, 1.54) is 6.33 Å². The number of nitrogens with two attached hydrogens (primary N) is 1. The predicted molar refractivity (Wildman–Crippen MR) is 72.0 cm³/mol. The molecule has 0 saturated heterocycles. The van der Waals surface area contributed by atoms with E-state index in [1.54, 1.807) is 6.92 Å². The Kier molecular flexibility index (Phi) is 6.42. The summed E-state index contributed by atoms with van der Waals surface area (Å²) in [6.45, 7) is 5.11. The fourth-order valence-electron chi connectivity index (χ4n) is 1.44. The van der Waals surface area contributed by atoms with Crippen LogP contribution in [0.2, 0.25) is 0 Å². The zero-order valence-corrected chi connectivity index (χ0v) is 11.3. The molecule has 1 aromatic heterocycles. The summed E-state index contributed by atoms with van der Waals surface area (Å²) in [6, 6.07) is 0. The number of aromatic nitrogens is 2. The average molecular weight is 268 g/mol. The highest BCUT2D eigenvalue weighted by Crippen LogP contribution is 2.24. The molecular formula is C12H20N4O3. The molecule has 7 heteroatoms. The third-order valence-corrected chi connectivity index (χ3v) is 2.28. The molecule has 0 bridgehead atoms. The molecule has 0 aliphatic heterocycles. The largest absolute Gasteiger partial charge is 0.476 e. The van der Waals surface area contributed by atoms with E-state index >= 15 is 0 Å². The Labute approximate surface area is 112 Å². The summed E-state index contributed by atoms with van der Waals surface area (Å²) in [5.74, 6) is 0.683. The third-order valence-electron chi connectivity index (χ3n) is 2.28. The Morgan fingerprint density at radius 3 is 2.84 bits per heavy atom. The molecule has 0 spiro atoms. The highest BCUT2D eigenvalue weighted by atomic mass is 16.5. The molecule has 0 aromatic carbocycles. The summed E-state index contributed by atoms with van der Waals surface area (Å²) in [5, 5.41) is 3.05. The summed E-state index contributed by atoms with van der Waals surface area (Å²) < 4.78 is 10.1. The average Bonchev–Trinajstić information content (AvgIpc) is 2.39. The molecule has 0 radical (unpaired) electrons. The van der Waals surface area contributed by atoms with Crippen molar-refractivity contribution < 1.29 is 14.3 Å². The van der Waals surface area contributed by atoms with Crippen LogP contribution in [-0.2, 0) is 9.53 Å². The summed E-state index contributed by atoms with van der Waals surface area (Å²) in [4.78, 5) is 19.1. The number of anilines is 2. The Bertz CT molecular complexity index is 412. The van der Waals surface area contributed by atoms with Crippen LogP contribution in [0.4, 0.5) is 11.5 Å². The second kappa shape index (κ2) is 8.12. The van der Waals surface area contributed by atoms with Crippen LogP contribution < -0.4 is 15.8 Å². The third kappa shape index (κ3) is 4.99. The number of esters is 1. The van der Waals surface area contributed by atoms with Crippen LogP contribution in [0.5, 0.6) is 5.88 Å². The van der Waals surface area contributed by atoms with Crippen LogP contribution in [-0.4, -0.2) is 35.7 Å². The Hall–Kier alpha value is -2.05. The molecule has 0 aliphatic carbocycles. The Morgan fingerprint density at radius 1 is 1.37 bits per heavy atom. The summed E-state index contributed by atoms with van der Waals surface area (Å²) in [6.07, 6.45) is 2.39. The summed E-state index contributed by atoms with van der Waals surface area (Å²) >= 11 is 0. The first kappa shape index (κ1) is 15.0. The molecule has 1 aromatic rings. The van der Waals surface area contributed by atoms with Gasteiger partial charge < -0.3 is 20.5 Å². The van der Waals surface area contributed by atoms with E-state index in [0.29, 0.717) is 50.0 Å². The first-order valence-corrected chi connectivity index (χ1v) is 6.31. The van der Waals surface area contributed by atoms with Crippen molar-refractivity contribution in [2.75, 3.05) is 30.8 Å². The smallest absolute Gasteiger partial charge is 0.305 e. The van der Waals surface area contributed by atoms with Gasteiger partial charge in [0.05, 0.1) is 13.2 Å². The van der Waals surface area contributed by atoms with Crippen molar-refractivity contribution in [1.82, 2.24) is 9.97 Å². The summed E-state index contributed by atoms with van der Waals surface area (Å²) in [5.41, 5.74) is 6.23. The molecule has 106 valence electrons. The fourth-order valence-corrected chi connectivity index (χ4v) is 1.44. The highest BCUT2D eigenvalue weighted by Gasteiger charge is 2.08. The molecule has 1 rings (SSSR count). The molecule has 19 heavy (non-hydrogen) atoms. The van der Waals surface area contributed by atoms with Gasteiger partial charge in [-0.2, -0.15) is 4.98 Å². The number of carbonyl (C=O) groups is 1. The quantitative estimate of drug-likeness (QED) is 0.540. The minimum Gasteiger partial charge on any atom is -0.476 e. The number of hydrogen-bond acceptors (Lipinski definition) is 7. The first-order chi connectivity index (χ1) is 9.19. The minimum atomic E-state index is -0.199. The lowest BCUT2D eigenvalue weighted by molar-refractivity contribution is -0.143. The normalized spacial score (nSPS) is 10.0. The maximum absolute atomic E-state index is 11.1. The predicted octanol–water partition coefficient (Wildman–Crippen LogP) is 1.21.